The van der Waals surface area contributed by atoms with Crippen LogP contribution < -0.4 is 4.90 Å². The van der Waals surface area contributed by atoms with Crippen LogP contribution in [0.3, 0.4) is 0 Å². The number of hydrogen-bond acceptors (Lipinski definition) is 3. The standard InChI is InChI=1S/C17H16N2O/c1-13-3-7-15(8-4-13)17(20)12-19(2)16-9-5-14(11-18)6-10-16/h3-10H,12H2,1-2H3. The fourth-order valence-corrected chi connectivity index (χ4v) is 1.93. The van der Waals surface area contributed by atoms with Gasteiger partial charge in [0.1, 0.15) is 0 Å². The van der Waals surface area contributed by atoms with Crippen LogP contribution in [-0.2, 0) is 0 Å². The Hall–Kier alpha value is -2.60. The van der Waals surface area contributed by atoms with Crippen LogP contribution in [0.15, 0.2) is 48.5 Å². The van der Waals surface area contributed by atoms with Gasteiger partial charge in [-0.3, -0.25) is 4.79 Å². The van der Waals surface area contributed by atoms with Crippen molar-refractivity contribution in [1.29, 1.82) is 5.26 Å². The van der Waals surface area contributed by atoms with E-state index in [-0.39, 0.29) is 5.78 Å². The Morgan fingerprint density at radius 3 is 2.25 bits per heavy atom. The molecule has 0 aliphatic carbocycles. The lowest BCUT2D eigenvalue weighted by Gasteiger charge is -2.18. The number of nitrogens with zero attached hydrogens (tertiary/aromatic N) is 2. The van der Waals surface area contributed by atoms with Gasteiger partial charge in [-0.05, 0) is 31.2 Å². The van der Waals surface area contributed by atoms with Crippen molar-refractivity contribution in [3.8, 4) is 6.07 Å². The molecule has 0 aromatic heterocycles. The van der Waals surface area contributed by atoms with Crippen LogP contribution in [-0.4, -0.2) is 19.4 Å². The highest BCUT2D eigenvalue weighted by Crippen LogP contribution is 2.14. The molecule has 0 saturated heterocycles. The number of rotatable bonds is 4. The maximum Gasteiger partial charge on any atom is 0.182 e. The zero-order valence-electron chi connectivity index (χ0n) is 11.6. The molecule has 20 heavy (non-hydrogen) atoms. The average molecular weight is 264 g/mol. The number of carbonyl (C=O) groups is 1. The van der Waals surface area contributed by atoms with Gasteiger partial charge in [0.25, 0.3) is 0 Å². The molecule has 0 saturated carbocycles. The third-order valence-electron chi connectivity index (χ3n) is 3.19. The van der Waals surface area contributed by atoms with Gasteiger partial charge in [-0.25, -0.2) is 0 Å². The lowest BCUT2D eigenvalue weighted by atomic mass is 10.1. The van der Waals surface area contributed by atoms with Gasteiger partial charge >= 0.3 is 0 Å². The summed E-state index contributed by atoms with van der Waals surface area (Å²) in [5.74, 6) is 0.0804. The van der Waals surface area contributed by atoms with Crippen LogP contribution in [0.1, 0.15) is 21.5 Å². The normalized spacial score (nSPS) is 9.85. The molecular weight excluding hydrogens is 248 g/mol. The number of nitriles is 1. The third-order valence-corrected chi connectivity index (χ3v) is 3.19. The Kier molecular flexibility index (Phi) is 4.17. The Labute approximate surface area is 119 Å². The van der Waals surface area contributed by atoms with E-state index in [9.17, 15) is 4.79 Å². The molecule has 0 heterocycles. The number of Topliss-reactive ketones (excluding diaryl/α,β-unsaturated/α-hetero) is 1. The monoisotopic (exact) mass is 264 g/mol. The highest BCUT2D eigenvalue weighted by Gasteiger charge is 2.09. The van der Waals surface area contributed by atoms with Gasteiger partial charge in [-0.2, -0.15) is 5.26 Å². The van der Waals surface area contributed by atoms with Crippen LogP contribution in [0.25, 0.3) is 0 Å². The largest absolute Gasteiger partial charge is 0.367 e. The van der Waals surface area contributed by atoms with Crippen molar-refractivity contribution < 1.29 is 4.79 Å². The molecule has 2 aromatic carbocycles. The minimum Gasteiger partial charge on any atom is -0.367 e. The van der Waals surface area contributed by atoms with Crippen molar-refractivity contribution in [3.63, 3.8) is 0 Å². The second-order valence-corrected chi connectivity index (χ2v) is 4.80. The van der Waals surface area contributed by atoms with E-state index in [0.717, 1.165) is 16.8 Å². The second-order valence-electron chi connectivity index (χ2n) is 4.80. The number of anilines is 1. The average Bonchev–Trinajstić information content (AvgIpc) is 2.48. The highest BCUT2D eigenvalue weighted by molar-refractivity contribution is 5.99. The SMILES string of the molecule is Cc1ccc(C(=O)CN(C)c2ccc(C#N)cc2)cc1. The molecule has 100 valence electrons. The number of carbonyl (C=O) groups excluding carboxylic acids is 1. The molecule has 0 spiro atoms. The van der Waals surface area contributed by atoms with E-state index in [1.807, 2.05) is 55.3 Å². The first kappa shape index (κ1) is 13.8. The van der Waals surface area contributed by atoms with E-state index >= 15 is 0 Å². The number of hydrogen-bond donors (Lipinski definition) is 0. The number of likely N-dealkylation sites (N-methyl/N-ethyl adjacent to an activating group) is 1. The maximum absolute atomic E-state index is 12.2. The van der Waals surface area contributed by atoms with Gasteiger partial charge < -0.3 is 4.90 Å². The molecule has 3 heteroatoms. The van der Waals surface area contributed by atoms with Gasteiger partial charge in [0, 0.05) is 18.3 Å². The molecule has 0 atom stereocenters. The Morgan fingerprint density at radius 2 is 1.70 bits per heavy atom. The van der Waals surface area contributed by atoms with E-state index in [0.29, 0.717) is 12.1 Å². The minimum atomic E-state index is 0.0804. The predicted octanol–water partition coefficient (Wildman–Crippen LogP) is 3.19. The number of aryl methyl sites for hydroxylation is 1. The molecule has 0 fully saturated rings. The lowest BCUT2D eigenvalue weighted by Crippen LogP contribution is -2.25. The van der Waals surface area contributed by atoms with E-state index in [4.69, 9.17) is 5.26 Å². The smallest absolute Gasteiger partial charge is 0.182 e. The Bertz CT molecular complexity index is 636. The first-order valence-corrected chi connectivity index (χ1v) is 6.41. The Morgan fingerprint density at radius 1 is 1.10 bits per heavy atom. The van der Waals surface area contributed by atoms with E-state index in [1.165, 1.54) is 0 Å². The molecule has 0 radical (unpaired) electrons. The first-order valence-electron chi connectivity index (χ1n) is 6.41. The number of ketones is 1. The summed E-state index contributed by atoms with van der Waals surface area (Å²) in [5.41, 5.74) is 3.40. The summed E-state index contributed by atoms with van der Waals surface area (Å²) < 4.78 is 0. The minimum absolute atomic E-state index is 0.0804. The van der Waals surface area contributed by atoms with Crippen molar-refractivity contribution in [2.45, 2.75) is 6.92 Å². The molecule has 0 N–H and O–H groups in total. The van der Waals surface area contributed by atoms with Crippen molar-refractivity contribution in [3.05, 3.63) is 65.2 Å². The molecule has 2 rings (SSSR count). The van der Waals surface area contributed by atoms with Crippen LogP contribution in [0.2, 0.25) is 0 Å². The van der Waals surface area contributed by atoms with E-state index < -0.39 is 0 Å². The van der Waals surface area contributed by atoms with E-state index in [1.54, 1.807) is 12.1 Å². The highest BCUT2D eigenvalue weighted by atomic mass is 16.1. The first-order chi connectivity index (χ1) is 9.60. The van der Waals surface area contributed by atoms with Crippen molar-refractivity contribution in [2.24, 2.45) is 0 Å². The summed E-state index contributed by atoms with van der Waals surface area (Å²) >= 11 is 0. The predicted molar refractivity (Wildman–Crippen MR) is 79.9 cm³/mol. The van der Waals surface area contributed by atoms with Crippen LogP contribution in [0, 0.1) is 18.3 Å². The maximum atomic E-state index is 12.2. The van der Waals surface area contributed by atoms with Gasteiger partial charge in [-0.1, -0.05) is 29.8 Å². The second kappa shape index (κ2) is 6.03. The van der Waals surface area contributed by atoms with Gasteiger partial charge in [-0.15, -0.1) is 0 Å². The summed E-state index contributed by atoms with van der Waals surface area (Å²) in [6, 6.07) is 16.9. The lowest BCUT2D eigenvalue weighted by molar-refractivity contribution is 0.100. The van der Waals surface area contributed by atoms with Crippen LogP contribution in [0.4, 0.5) is 5.69 Å². The molecular formula is C17H16N2O. The summed E-state index contributed by atoms with van der Waals surface area (Å²) in [5, 5.41) is 8.77. The molecule has 0 aliphatic rings. The molecule has 0 aliphatic heterocycles. The van der Waals surface area contributed by atoms with Crippen molar-refractivity contribution in [1.82, 2.24) is 0 Å². The van der Waals surface area contributed by atoms with Gasteiger partial charge in [0.2, 0.25) is 0 Å². The molecule has 2 aromatic rings. The zero-order chi connectivity index (χ0) is 14.5. The molecule has 0 bridgehead atoms. The topological polar surface area (TPSA) is 44.1 Å². The quantitative estimate of drug-likeness (QED) is 0.797. The summed E-state index contributed by atoms with van der Waals surface area (Å²) in [4.78, 5) is 14.0. The Balaban J connectivity index is 2.06. The van der Waals surface area contributed by atoms with E-state index in [2.05, 4.69) is 6.07 Å². The summed E-state index contributed by atoms with van der Waals surface area (Å²) in [6.07, 6.45) is 0. The molecule has 3 nitrogen and oxygen atoms in total. The summed E-state index contributed by atoms with van der Waals surface area (Å²) in [6.45, 7) is 2.31. The van der Waals surface area contributed by atoms with Crippen molar-refractivity contribution in [2.75, 3.05) is 18.5 Å². The van der Waals surface area contributed by atoms with Crippen LogP contribution >= 0.6 is 0 Å². The van der Waals surface area contributed by atoms with Crippen molar-refractivity contribution >= 4 is 11.5 Å². The van der Waals surface area contributed by atoms with Crippen LogP contribution in [0.5, 0.6) is 0 Å². The molecule has 0 unspecified atom stereocenters. The molecule has 0 amide bonds. The third kappa shape index (κ3) is 3.24. The zero-order valence-corrected chi connectivity index (χ0v) is 11.6. The van der Waals surface area contributed by atoms with Gasteiger partial charge in [0.15, 0.2) is 5.78 Å². The fraction of sp³-hybridized carbons (Fsp3) is 0.176. The summed E-state index contributed by atoms with van der Waals surface area (Å²) in [7, 11) is 1.87. The fourth-order valence-electron chi connectivity index (χ4n) is 1.93. The van der Waals surface area contributed by atoms with Gasteiger partial charge in [0.05, 0.1) is 18.2 Å². The number of benzene rings is 2.